The minimum atomic E-state index is -0.247. The Balaban J connectivity index is 2.53. The molecule has 1 fully saturated rings. The van der Waals surface area contributed by atoms with Gasteiger partial charge in [0.25, 0.3) is 0 Å². The van der Waals surface area contributed by atoms with E-state index in [1.807, 2.05) is 6.92 Å². The lowest BCUT2D eigenvalue weighted by Crippen LogP contribution is -2.12. The summed E-state index contributed by atoms with van der Waals surface area (Å²) in [6.45, 7) is 1.85. The molecule has 0 bridgehead atoms. The van der Waals surface area contributed by atoms with Crippen molar-refractivity contribution in [2.24, 2.45) is 11.8 Å². The molecule has 0 aromatic rings. The smallest absolute Gasteiger partial charge is 0.309 e. The van der Waals surface area contributed by atoms with E-state index in [4.69, 9.17) is 0 Å². The molecule has 0 heterocycles. The van der Waals surface area contributed by atoms with Crippen LogP contribution >= 0.6 is 0 Å². The third-order valence-electron chi connectivity index (χ3n) is 2.17. The molecule has 0 amide bonds. The number of rotatable bonds is 1. The summed E-state index contributed by atoms with van der Waals surface area (Å²) in [7, 11) is 1.36. The maximum Gasteiger partial charge on any atom is 0.309 e. The summed E-state index contributed by atoms with van der Waals surface area (Å²) in [5, 5.41) is 0. The number of ether oxygens (including phenoxy) is 1. The Kier molecular flexibility index (Phi) is 2.27. The zero-order chi connectivity index (χ0) is 8.43. The van der Waals surface area contributed by atoms with Crippen LogP contribution < -0.4 is 0 Å². The molecule has 2 atom stereocenters. The predicted octanol–water partition coefficient (Wildman–Crippen LogP) is 0.775. The van der Waals surface area contributed by atoms with Crippen molar-refractivity contribution in [3.05, 3.63) is 0 Å². The summed E-state index contributed by atoms with van der Waals surface area (Å²) in [6.07, 6.45) is 1.03. The van der Waals surface area contributed by atoms with Crippen LogP contribution in [0.5, 0.6) is 0 Å². The maximum absolute atomic E-state index is 11.0. The third-order valence-corrected chi connectivity index (χ3v) is 2.17. The standard InChI is InChI=1S/C8H12O3/c1-5-3-6(4-7(5)9)8(10)11-2/h5-6H,3-4H2,1-2H3/t5?,6-/m0/s1. The van der Waals surface area contributed by atoms with Crippen LogP contribution in [0.1, 0.15) is 19.8 Å². The molecule has 0 radical (unpaired) electrons. The lowest BCUT2D eigenvalue weighted by atomic mass is 10.1. The predicted molar refractivity (Wildman–Crippen MR) is 38.9 cm³/mol. The number of ketones is 1. The van der Waals surface area contributed by atoms with Crippen LogP contribution in [0.15, 0.2) is 0 Å². The fraction of sp³-hybridized carbons (Fsp3) is 0.750. The molecule has 0 aromatic carbocycles. The van der Waals surface area contributed by atoms with E-state index >= 15 is 0 Å². The van der Waals surface area contributed by atoms with Gasteiger partial charge in [-0.15, -0.1) is 0 Å². The second-order valence-electron chi connectivity index (χ2n) is 3.03. The van der Waals surface area contributed by atoms with Gasteiger partial charge in [0.2, 0.25) is 0 Å². The van der Waals surface area contributed by atoms with Crippen molar-refractivity contribution in [3.63, 3.8) is 0 Å². The van der Waals surface area contributed by atoms with E-state index in [1.165, 1.54) is 7.11 Å². The van der Waals surface area contributed by atoms with Crippen LogP contribution in [0, 0.1) is 11.8 Å². The normalized spacial score (nSPS) is 30.5. The van der Waals surface area contributed by atoms with Gasteiger partial charge in [-0.25, -0.2) is 0 Å². The molecule has 0 aromatic heterocycles. The Labute approximate surface area is 65.7 Å². The number of hydrogen-bond acceptors (Lipinski definition) is 3. The summed E-state index contributed by atoms with van der Waals surface area (Å²) in [5.41, 5.74) is 0. The Morgan fingerprint density at radius 1 is 1.64 bits per heavy atom. The van der Waals surface area contributed by atoms with Gasteiger partial charge >= 0.3 is 5.97 Å². The highest BCUT2D eigenvalue weighted by atomic mass is 16.5. The molecule has 1 saturated carbocycles. The van der Waals surface area contributed by atoms with Crippen molar-refractivity contribution in [2.75, 3.05) is 7.11 Å². The van der Waals surface area contributed by atoms with Crippen molar-refractivity contribution < 1.29 is 14.3 Å². The first-order chi connectivity index (χ1) is 5.15. The van der Waals surface area contributed by atoms with Gasteiger partial charge in [-0.2, -0.15) is 0 Å². The van der Waals surface area contributed by atoms with E-state index in [-0.39, 0.29) is 23.6 Å². The molecule has 3 nitrogen and oxygen atoms in total. The summed E-state index contributed by atoms with van der Waals surface area (Å²) in [5.74, 6) is -0.204. The third kappa shape index (κ3) is 1.59. The lowest BCUT2D eigenvalue weighted by molar-refractivity contribution is -0.145. The highest BCUT2D eigenvalue weighted by Gasteiger charge is 2.34. The summed E-state index contributed by atoms with van der Waals surface area (Å²) in [4.78, 5) is 21.9. The van der Waals surface area contributed by atoms with Crippen LogP contribution in [0.25, 0.3) is 0 Å². The number of carbonyl (C=O) groups excluding carboxylic acids is 2. The van der Waals surface area contributed by atoms with Gasteiger partial charge in [0.05, 0.1) is 13.0 Å². The largest absolute Gasteiger partial charge is 0.469 e. The van der Waals surface area contributed by atoms with Crippen molar-refractivity contribution in [1.29, 1.82) is 0 Å². The van der Waals surface area contributed by atoms with Crippen LogP contribution in [0.2, 0.25) is 0 Å². The topological polar surface area (TPSA) is 43.4 Å². The average Bonchev–Trinajstić information content (AvgIpc) is 2.31. The molecule has 0 spiro atoms. The molecule has 0 saturated heterocycles. The maximum atomic E-state index is 11.0. The highest BCUT2D eigenvalue weighted by molar-refractivity contribution is 5.89. The van der Waals surface area contributed by atoms with Gasteiger partial charge in [-0.1, -0.05) is 6.92 Å². The van der Waals surface area contributed by atoms with Gasteiger partial charge in [0.15, 0.2) is 0 Å². The van der Waals surface area contributed by atoms with Gasteiger partial charge in [0.1, 0.15) is 5.78 Å². The van der Waals surface area contributed by atoms with Crippen molar-refractivity contribution in [3.8, 4) is 0 Å². The van der Waals surface area contributed by atoms with Gasteiger partial charge in [-0.3, -0.25) is 9.59 Å². The molecule has 3 heteroatoms. The van der Waals surface area contributed by atoms with E-state index < -0.39 is 0 Å². The lowest BCUT2D eigenvalue weighted by Gasteiger charge is -2.03. The Hall–Kier alpha value is -0.860. The monoisotopic (exact) mass is 156 g/mol. The van der Waals surface area contributed by atoms with Gasteiger partial charge in [-0.05, 0) is 6.42 Å². The van der Waals surface area contributed by atoms with E-state index in [9.17, 15) is 9.59 Å². The number of esters is 1. The minimum Gasteiger partial charge on any atom is -0.469 e. The summed E-state index contributed by atoms with van der Waals surface area (Å²) >= 11 is 0. The summed E-state index contributed by atoms with van der Waals surface area (Å²) in [6, 6.07) is 0. The zero-order valence-corrected chi connectivity index (χ0v) is 6.79. The molecule has 0 N–H and O–H groups in total. The highest BCUT2D eigenvalue weighted by Crippen LogP contribution is 2.27. The summed E-state index contributed by atoms with van der Waals surface area (Å²) < 4.78 is 4.54. The van der Waals surface area contributed by atoms with E-state index in [1.54, 1.807) is 0 Å². The van der Waals surface area contributed by atoms with Crippen molar-refractivity contribution in [2.45, 2.75) is 19.8 Å². The van der Waals surface area contributed by atoms with E-state index in [0.29, 0.717) is 12.8 Å². The molecule has 1 unspecified atom stereocenters. The first-order valence-electron chi connectivity index (χ1n) is 3.75. The van der Waals surface area contributed by atoms with E-state index in [2.05, 4.69) is 4.74 Å². The average molecular weight is 156 g/mol. The second kappa shape index (κ2) is 3.03. The minimum absolute atomic E-state index is 0.0408. The van der Waals surface area contributed by atoms with E-state index in [0.717, 1.165) is 0 Å². The number of methoxy groups -OCH3 is 1. The first kappa shape index (κ1) is 8.24. The Morgan fingerprint density at radius 3 is 2.64 bits per heavy atom. The van der Waals surface area contributed by atoms with Crippen molar-refractivity contribution in [1.82, 2.24) is 0 Å². The molecule has 1 aliphatic carbocycles. The van der Waals surface area contributed by atoms with Crippen molar-refractivity contribution >= 4 is 11.8 Å². The van der Waals surface area contributed by atoms with Crippen LogP contribution in [-0.4, -0.2) is 18.9 Å². The zero-order valence-electron chi connectivity index (χ0n) is 6.79. The van der Waals surface area contributed by atoms with Crippen LogP contribution in [-0.2, 0) is 14.3 Å². The molecular formula is C8H12O3. The van der Waals surface area contributed by atoms with Crippen LogP contribution in [0.4, 0.5) is 0 Å². The molecular weight excluding hydrogens is 144 g/mol. The first-order valence-corrected chi connectivity index (χ1v) is 3.75. The Morgan fingerprint density at radius 2 is 2.27 bits per heavy atom. The fourth-order valence-corrected chi connectivity index (χ4v) is 1.43. The number of carbonyl (C=O) groups is 2. The molecule has 62 valence electrons. The molecule has 1 aliphatic rings. The quantitative estimate of drug-likeness (QED) is 0.527. The number of Topliss-reactive ketones (excluding diaryl/α,β-unsaturated/α-hetero) is 1. The molecule has 11 heavy (non-hydrogen) atoms. The van der Waals surface area contributed by atoms with Gasteiger partial charge in [0, 0.05) is 12.3 Å². The van der Waals surface area contributed by atoms with Crippen LogP contribution in [0.3, 0.4) is 0 Å². The Bertz CT molecular complexity index is 186. The molecule has 0 aliphatic heterocycles. The second-order valence-corrected chi connectivity index (χ2v) is 3.03. The fourth-order valence-electron chi connectivity index (χ4n) is 1.43. The van der Waals surface area contributed by atoms with Gasteiger partial charge < -0.3 is 4.74 Å². The molecule has 1 rings (SSSR count). The number of hydrogen-bond donors (Lipinski definition) is 0. The SMILES string of the molecule is COC(=O)[C@@H]1CC(=O)C(C)C1.